The fraction of sp³-hybridized carbons (Fsp3) is 0.111. The number of methoxy groups -OCH3 is 1. The Morgan fingerprint density at radius 2 is 1.84 bits per heavy atom. The second-order valence-corrected chi connectivity index (χ2v) is 10.3. The third-order valence-corrected chi connectivity index (χ3v) is 7.06. The van der Waals surface area contributed by atoms with Crippen LogP contribution in [0, 0.1) is 0 Å². The summed E-state index contributed by atoms with van der Waals surface area (Å²) in [6.45, 7) is -0.179. The van der Waals surface area contributed by atoms with E-state index >= 15 is 0 Å². The lowest BCUT2D eigenvalue weighted by atomic mass is 10.1. The second-order valence-electron chi connectivity index (χ2n) is 7.96. The summed E-state index contributed by atoms with van der Waals surface area (Å²) >= 11 is 10.2. The molecule has 0 atom stereocenters. The predicted octanol–water partition coefficient (Wildman–Crippen LogP) is 6.14. The monoisotopic (exact) mass is 614 g/mol. The summed E-state index contributed by atoms with van der Waals surface area (Å²) in [4.78, 5) is 51.1. The number of anilines is 1. The Kier molecular flexibility index (Phi) is 8.88. The van der Waals surface area contributed by atoms with Gasteiger partial charge in [0.25, 0.3) is 11.1 Å². The number of ether oxygens (including phenoxy) is 2. The number of carbonyl (C=O) groups is 4. The summed E-state index contributed by atoms with van der Waals surface area (Å²) in [5.41, 5.74) is 1.91. The molecule has 0 saturated carbocycles. The van der Waals surface area contributed by atoms with Crippen LogP contribution in [0.5, 0.6) is 5.75 Å². The van der Waals surface area contributed by atoms with Crippen molar-refractivity contribution in [2.45, 2.75) is 6.61 Å². The predicted molar refractivity (Wildman–Crippen MR) is 149 cm³/mol. The smallest absolute Gasteiger partial charge is 0.339 e. The highest BCUT2D eigenvalue weighted by Gasteiger charge is 2.36. The van der Waals surface area contributed by atoms with E-state index in [1.165, 1.54) is 25.3 Å². The van der Waals surface area contributed by atoms with Crippen LogP contribution in [0.1, 0.15) is 21.5 Å². The summed E-state index contributed by atoms with van der Waals surface area (Å²) < 4.78 is 11.4. The molecular formula is C27H20BrClN2O6S. The van der Waals surface area contributed by atoms with Crippen LogP contribution in [0.15, 0.2) is 76.1 Å². The van der Waals surface area contributed by atoms with E-state index in [1.807, 2.05) is 36.4 Å². The molecule has 3 aromatic carbocycles. The average Bonchev–Trinajstić information content (AvgIpc) is 3.16. The van der Waals surface area contributed by atoms with E-state index in [4.69, 9.17) is 16.3 Å². The van der Waals surface area contributed by atoms with Crippen molar-refractivity contribution >= 4 is 74.1 Å². The molecule has 0 aromatic heterocycles. The third kappa shape index (κ3) is 6.63. The van der Waals surface area contributed by atoms with Gasteiger partial charge in [-0.3, -0.25) is 19.3 Å². The number of thioether (sulfide) groups is 1. The van der Waals surface area contributed by atoms with Gasteiger partial charge in [0.05, 0.1) is 22.6 Å². The third-order valence-electron chi connectivity index (χ3n) is 5.33. The number of nitrogens with zero attached hydrogens (tertiary/aromatic N) is 1. The molecule has 1 fully saturated rings. The number of rotatable bonds is 8. The summed E-state index contributed by atoms with van der Waals surface area (Å²) in [7, 11) is 1.21. The number of halogens is 2. The van der Waals surface area contributed by atoms with Crippen molar-refractivity contribution in [3.05, 3.63) is 97.8 Å². The molecule has 1 saturated heterocycles. The highest BCUT2D eigenvalue weighted by atomic mass is 79.9. The van der Waals surface area contributed by atoms with E-state index in [1.54, 1.807) is 18.2 Å². The number of benzene rings is 3. The quantitative estimate of drug-likeness (QED) is 0.240. The lowest BCUT2D eigenvalue weighted by molar-refractivity contribution is -0.127. The van der Waals surface area contributed by atoms with Crippen LogP contribution in [0.25, 0.3) is 6.08 Å². The van der Waals surface area contributed by atoms with Gasteiger partial charge in [0, 0.05) is 15.7 Å². The first-order chi connectivity index (χ1) is 18.2. The van der Waals surface area contributed by atoms with Crippen molar-refractivity contribution in [1.82, 2.24) is 4.90 Å². The van der Waals surface area contributed by atoms with Gasteiger partial charge in [0.1, 0.15) is 18.9 Å². The van der Waals surface area contributed by atoms with Crippen molar-refractivity contribution in [2.75, 3.05) is 19.0 Å². The Labute approximate surface area is 236 Å². The fourth-order valence-corrected chi connectivity index (χ4v) is 4.89. The lowest BCUT2D eigenvalue weighted by Gasteiger charge is -2.13. The molecule has 8 nitrogen and oxygen atoms in total. The molecule has 0 bridgehead atoms. The summed E-state index contributed by atoms with van der Waals surface area (Å²) in [6, 6.07) is 19.3. The van der Waals surface area contributed by atoms with Gasteiger partial charge >= 0.3 is 5.97 Å². The maximum absolute atomic E-state index is 13.0. The molecule has 0 unspecified atom stereocenters. The van der Waals surface area contributed by atoms with Gasteiger partial charge in [0.15, 0.2) is 0 Å². The van der Waals surface area contributed by atoms with Crippen LogP contribution in [-0.2, 0) is 20.9 Å². The molecule has 0 aliphatic carbocycles. The molecular weight excluding hydrogens is 596 g/mol. The number of hydrogen-bond donors (Lipinski definition) is 1. The number of amides is 3. The zero-order valence-electron chi connectivity index (χ0n) is 19.9. The first kappa shape index (κ1) is 27.4. The van der Waals surface area contributed by atoms with Crippen molar-refractivity contribution < 1.29 is 28.7 Å². The van der Waals surface area contributed by atoms with Gasteiger partial charge in [-0.25, -0.2) is 4.79 Å². The van der Waals surface area contributed by atoms with Crippen LogP contribution >= 0.6 is 39.3 Å². The number of esters is 1. The van der Waals surface area contributed by atoms with Crippen molar-refractivity contribution in [2.24, 2.45) is 0 Å². The van der Waals surface area contributed by atoms with Crippen molar-refractivity contribution in [1.29, 1.82) is 0 Å². The van der Waals surface area contributed by atoms with E-state index in [0.29, 0.717) is 17.9 Å². The topological polar surface area (TPSA) is 102 Å². The molecule has 1 heterocycles. The molecule has 0 spiro atoms. The van der Waals surface area contributed by atoms with E-state index in [0.717, 1.165) is 26.7 Å². The number of nitrogens with one attached hydrogen (secondary N) is 1. The molecule has 1 aliphatic heterocycles. The van der Waals surface area contributed by atoms with Gasteiger partial charge in [-0.15, -0.1) is 0 Å². The standard InChI is InChI=1S/C27H20BrClN2O6S/c1-36-26(34)20-13-19(8-9-21(20)29)30-24(32)14-31-25(33)23(38-27(31)35)12-17-11-18(28)7-10-22(17)37-15-16-5-3-2-4-6-16/h2-13H,14-15H2,1H3,(H,30,32)/b23-12-. The minimum Gasteiger partial charge on any atom is -0.488 e. The first-order valence-corrected chi connectivity index (χ1v) is 13.1. The second kappa shape index (κ2) is 12.3. The highest BCUT2D eigenvalue weighted by Crippen LogP contribution is 2.35. The number of carbonyl (C=O) groups excluding carboxylic acids is 4. The molecule has 0 radical (unpaired) electrons. The molecule has 3 amide bonds. The van der Waals surface area contributed by atoms with Crippen LogP contribution < -0.4 is 10.1 Å². The minimum absolute atomic E-state index is 0.0698. The Morgan fingerprint density at radius 3 is 2.58 bits per heavy atom. The van der Waals surface area contributed by atoms with E-state index in [9.17, 15) is 19.2 Å². The van der Waals surface area contributed by atoms with Crippen LogP contribution in [0.4, 0.5) is 10.5 Å². The van der Waals surface area contributed by atoms with Crippen molar-refractivity contribution in [3.8, 4) is 5.75 Å². The largest absolute Gasteiger partial charge is 0.488 e. The van der Waals surface area contributed by atoms with E-state index < -0.39 is 29.6 Å². The normalized spacial score (nSPS) is 14.1. The number of imide groups is 1. The summed E-state index contributed by atoms with van der Waals surface area (Å²) in [5.74, 6) is -1.36. The van der Waals surface area contributed by atoms with Crippen molar-refractivity contribution in [3.63, 3.8) is 0 Å². The van der Waals surface area contributed by atoms with Crippen LogP contribution in [0.3, 0.4) is 0 Å². The van der Waals surface area contributed by atoms with Gasteiger partial charge < -0.3 is 14.8 Å². The highest BCUT2D eigenvalue weighted by molar-refractivity contribution is 9.10. The van der Waals surface area contributed by atoms with Crippen LogP contribution in [-0.4, -0.2) is 41.6 Å². The molecule has 38 heavy (non-hydrogen) atoms. The maximum Gasteiger partial charge on any atom is 0.339 e. The average molecular weight is 616 g/mol. The molecule has 1 N–H and O–H groups in total. The fourth-order valence-electron chi connectivity index (χ4n) is 3.49. The summed E-state index contributed by atoms with van der Waals surface area (Å²) in [6.07, 6.45) is 1.57. The van der Waals surface area contributed by atoms with Gasteiger partial charge in [-0.05, 0) is 59.8 Å². The zero-order valence-corrected chi connectivity index (χ0v) is 23.1. The Hall–Kier alpha value is -3.60. The number of hydrogen-bond acceptors (Lipinski definition) is 7. The van der Waals surface area contributed by atoms with Crippen LogP contribution in [0.2, 0.25) is 5.02 Å². The van der Waals surface area contributed by atoms with Gasteiger partial charge in [-0.1, -0.05) is 57.9 Å². The lowest BCUT2D eigenvalue weighted by Crippen LogP contribution is -2.36. The molecule has 194 valence electrons. The van der Waals surface area contributed by atoms with E-state index in [-0.39, 0.29) is 21.2 Å². The summed E-state index contributed by atoms with van der Waals surface area (Å²) in [5, 5.41) is 2.14. The maximum atomic E-state index is 13.0. The molecule has 1 aliphatic rings. The molecule has 3 aromatic rings. The molecule has 4 rings (SSSR count). The zero-order chi connectivity index (χ0) is 27.2. The van der Waals surface area contributed by atoms with Gasteiger partial charge in [-0.2, -0.15) is 0 Å². The minimum atomic E-state index is -0.665. The molecule has 11 heteroatoms. The van der Waals surface area contributed by atoms with Gasteiger partial charge in [0.2, 0.25) is 5.91 Å². The van der Waals surface area contributed by atoms with E-state index in [2.05, 4.69) is 26.0 Å². The Bertz CT molecular complexity index is 1450. The first-order valence-electron chi connectivity index (χ1n) is 11.1. The Morgan fingerprint density at radius 1 is 1.08 bits per heavy atom. The Balaban J connectivity index is 1.47. The SMILES string of the molecule is COC(=O)c1cc(NC(=O)CN2C(=O)S/C(=C\c3cc(Br)ccc3OCc3ccccc3)C2=O)ccc1Cl.